The molecule has 1 aliphatic heterocycles. The Bertz CT molecular complexity index is 761. The fourth-order valence-corrected chi connectivity index (χ4v) is 3.05. The van der Waals surface area contributed by atoms with Crippen molar-refractivity contribution in [3.8, 4) is 0 Å². The first-order valence-electron chi connectivity index (χ1n) is 7.72. The molecule has 7 nitrogen and oxygen atoms in total. The van der Waals surface area contributed by atoms with E-state index >= 15 is 0 Å². The molecule has 0 spiro atoms. The monoisotopic (exact) mass is 381 g/mol. The molecular weight excluding hydrogens is 365 g/mol. The number of aromatic nitrogens is 3. The summed E-state index contributed by atoms with van der Waals surface area (Å²) in [6.45, 7) is 0.533. The van der Waals surface area contributed by atoms with E-state index < -0.39 is 12.1 Å². The van der Waals surface area contributed by atoms with Crippen molar-refractivity contribution in [2.75, 3.05) is 12.4 Å². The second-order valence-corrected chi connectivity index (χ2v) is 6.28. The van der Waals surface area contributed by atoms with Gasteiger partial charge in [0.05, 0.1) is 5.70 Å². The van der Waals surface area contributed by atoms with Gasteiger partial charge in [-0.05, 0) is 12.1 Å². The number of carbonyl (C=O) groups excluding carboxylic acids is 1. The molecule has 1 atom stereocenters. The molecule has 0 fully saturated rings. The van der Waals surface area contributed by atoms with Crippen LogP contribution in [0.25, 0.3) is 5.70 Å². The highest BCUT2D eigenvalue weighted by atomic mass is 35.5. The molecule has 25 heavy (non-hydrogen) atoms. The Hall–Kier alpha value is -2.25. The molecule has 1 amide bonds. The number of hydrogen-bond donors (Lipinski definition) is 2. The van der Waals surface area contributed by atoms with E-state index in [2.05, 4.69) is 15.2 Å². The lowest BCUT2D eigenvalue weighted by Crippen LogP contribution is -2.26. The van der Waals surface area contributed by atoms with Gasteiger partial charge in [0.1, 0.15) is 12.1 Å². The molecule has 3 rings (SSSR count). The van der Waals surface area contributed by atoms with E-state index in [0.717, 1.165) is 11.3 Å². The van der Waals surface area contributed by atoms with Crippen LogP contribution in [0, 0.1) is 0 Å². The topological polar surface area (TPSA) is 97.1 Å². The van der Waals surface area contributed by atoms with Crippen molar-refractivity contribution in [1.29, 1.82) is 0 Å². The number of primary amides is 1. The molecule has 0 saturated carbocycles. The average Bonchev–Trinajstić information content (AvgIpc) is 3.22. The van der Waals surface area contributed by atoms with Gasteiger partial charge in [-0.2, -0.15) is 5.10 Å². The fraction of sp³-hybridized carbons (Fsp3) is 0.312. The molecule has 0 aliphatic carbocycles. The summed E-state index contributed by atoms with van der Waals surface area (Å²) in [6, 6.07) is 7.40. The second-order valence-electron chi connectivity index (χ2n) is 5.47. The number of carbonyl (C=O) groups is 1. The smallest absolute Gasteiger partial charge is 0.232 e. The molecule has 1 unspecified atom stereocenters. The Kier molecular flexibility index (Phi) is 5.45. The minimum absolute atomic E-state index is 0.185. The van der Waals surface area contributed by atoms with Crippen molar-refractivity contribution in [1.82, 2.24) is 20.1 Å². The first kappa shape index (κ1) is 17.6. The maximum absolute atomic E-state index is 11.2. The number of amides is 1. The quantitative estimate of drug-likeness (QED) is 0.718. The van der Waals surface area contributed by atoms with Crippen LogP contribution in [0.2, 0.25) is 5.02 Å². The van der Waals surface area contributed by atoms with E-state index in [-0.39, 0.29) is 6.42 Å². The fourth-order valence-electron chi connectivity index (χ4n) is 2.74. The van der Waals surface area contributed by atoms with Crippen LogP contribution in [-0.2, 0) is 9.53 Å². The SMILES string of the molecule is NC(=O)CCC1=C(c2ccc(Cl)cc2)N(CCCl)C(c2ncn[nH]2)O1. The van der Waals surface area contributed by atoms with Gasteiger partial charge in [0.2, 0.25) is 12.1 Å². The number of ether oxygens (including phenoxy) is 1. The Balaban J connectivity index is 2.01. The number of nitrogens with one attached hydrogen (secondary N) is 1. The van der Waals surface area contributed by atoms with Crippen LogP contribution in [0.15, 0.2) is 36.4 Å². The van der Waals surface area contributed by atoms with E-state index in [1.165, 1.54) is 6.33 Å². The standard InChI is InChI=1S/C16H17Cl2N5O2/c17-7-8-23-14(10-1-3-11(18)4-2-10)12(5-6-13(19)24)25-16(23)15-20-9-21-22-15/h1-4,9,16H,5-8H2,(H2,19,24)(H,20,21,22). The number of nitrogens with two attached hydrogens (primary N) is 1. The van der Waals surface area contributed by atoms with Crippen LogP contribution in [0.4, 0.5) is 0 Å². The van der Waals surface area contributed by atoms with Crippen LogP contribution in [0.5, 0.6) is 0 Å². The summed E-state index contributed by atoms with van der Waals surface area (Å²) in [5, 5.41) is 7.34. The summed E-state index contributed by atoms with van der Waals surface area (Å²) in [5.74, 6) is 1.23. The summed E-state index contributed by atoms with van der Waals surface area (Å²) < 4.78 is 6.09. The minimum atomic E-state index is -0.491. The van der Waals surface area contributed by atoms with Crippen LogP contribution in [0.1, 0.15) is 30.5 Å². The molecular formula is C16H17Cl2N5O2. The van der Waals surface area contributed by atoms with Crippen LogP contribution in [0.3, 0.4) is 0 Å². The first-order chi connectivity index (χ1) is 12.1. The molecule has 0 bridgehead atoms. The highest BCUT2D eigenvalue weighted by molar-refractivity contribution is 6.30. The van der Waals surface area contributed by atoms with Crippen molar-refractivity contribution >= 4 is 34.8 Å². The highest BCUT2D eigenvalue weighted by Gasteiger charge is 2.36. The van der Waals surface area contributed by atoms with Gasteiger partial charge in [0, 0.05) is 35.9 Å². The van der Waals surface area contributed by atoms with Gasteiger partial charge in [0.15, 0.2) is 5.82 Å². The van der Waals surface area contributed by atoms with Crippen molar-refractivity contribution < 1.29 is 9.53 Å². The number of allylic oxidation sites excluding steroid dienone is 1. The van der Waals surface area contributed by atoms with E-state index in [9.17, 15) is 4.79 Å². The summed E-state index contributed by atoms with van der Waals surface area (Å²) >= 11 is 12.0. The number of hydrogen-bond acceptors (Lipinski definition) is 5. The van der Waals surface area contributed by atoms with Crippen molar-refractivity contribution in [3.63, 3.8) is 0 Å². The Morgan fingerprint density at radius 2 is 2.12 bits per heavy atom. The largest absolute Gasteiger partial charge is 0.465 e. The molecule has 0 radical (unpaired) electrons. The highest BCUT2D eigenvalue weighted by Crippen LogP contribution is 2.41. The zero-order valence-electron chi connectivity index (χ0n) is 13.3. The van der Waals surface area contributed by atoms with Gasteiger partial charge in [0.25, 0.3) is 0 Å². The third-order valence-electron chi connectivity index (χ3n) is 3.80. The minimum Gasteiger partial charge on any atom is -0.465 e. The lowest BCUT2D eigenvalue weighted by atomic mass is 10.1. The van der Waals surface area contributed by atoms with Crippen LogP contribution in [-0.4, -0.2) is 38.4 Å². The number of nitrogens with zero attached hydrogens (tertiary/aromatic N) is 3. The first-order valence-corrected chi connectivity index (χ1v) is 8.63. The predicted octanol–water partition coefficient (Wildman–Crippen LogP) is 2.66. The molecule has 1 aliphatic rings. The zero-order chi connectivity index (χ0) is 17.8. The molecule has 9 heteroatoms. The summed E-state index contributed by atoms with van der Waals surface area (Å²) in [6.07, 6.45) is 1.50. The molecule has 132 valence electrons. The normalized spacial score (nSPS) is 17.0. The number of H-pyrrole nitrogens is 1. The molecule has 2 heterocycles. The predicted molar refractivity (Wildman–Crippen MR) is 94.4 cm³/mol. The number of halogens is 2. The Morgan fingerprint density at radius 3 is 2.72 bits per heavy atom. The summed E-state index contributed by atoms with van der Waals surface area (Å²) in [5.41, 5.74) is 7.06. The molecule has 3 N–H and O–H groups in total. The third kappa shape index (κ3) is 3.88. The van der Waals surface area contributed by atoms with Gasteiger partial charge in [-0.3, -0.25) is 9.89 Å². The molecule has 1 aromatic carbocycles. The van der Waals surface area contributed by atoms with Crippen molar-refractivity contribution in [2.24, 2.45) is 5.73 Å². The van der Waals surface area contributed by atoms with E-state index in [1.54, 1.807) is 12.1 Å². The molecule has 0 saturated heterocycles. The number of rotatable bonds is 7. The van der Waals surface area contributed by atoms with Gasteiger partial charge < -0.3 is 15.4 Å². The summed E-state index contributed by atoms with van der Waals surface area (Å²) in [4.78, 5) is 17.4. The maximum atomic E-state index is 11.2. The van der Waals surface area contributed by atoms with Crippen LogP contribution >= 0.6 is 23.2 Å². The maximum Gasteiger partial charge on any atom is 0.232 e. The van der Waals surface area contributed by atoms with E-state index in [4.69, 9.17) is 33.7 Å². The van der Waals surface area contributed by atoms with Gasteiger partial charge in [-0.1, -0.05) is 23.7 Å². The lowest BCUT2D eigenvalue weighted by molar-refractivity contribution is -0.118. The third-order valence-corrected chi connectivity index (χ3v) is 4.22. The Morgan fingerprint density at radius 1 is 1.36 bits per heavy atom. The lowest BCUT2D eigenvalue weighted by Gasteiger charge is -2.25. The number of alkyl halides is 1. The summed E-state index contributed by atoms with van der Waals surface area (Å²) in [7, 11) is 0. The molecule has 2 aromatic rings. The number of benzene rings is 1. The Labute approximate surface area is 154 Å². The number of aromatic amines is 1. The zero-order valence-corrected chi connectivity index (χ0v) is 14.8. The van der Waals surface area contributed by atoms with Gasteiger partial charge in [-0.25, -0.2) is 4.98 Å². The van der Waals surface area contributed by atoms with E-state index in [1.807, 2.05) is 17.0 Å². The van der Waals surface area contributed by atoms with E-state index in [0.29, 0.717) is 35.5 Å². The van der Waals surface area contributed by atoms with Crippen LogP contribution < -0.4 is 5.73 Å². The van der Waals surface area contributed by atoms with Crippen molar-refractivity contribution in [3.05, 3.63) is 52.8 Å². The second kappa shape index (κ2) is 7.76. The van der Waals surface area contributed by atoms with Gasteiger partial charge >= 0.3 is 0 Å². The average molecular weight is 382 g/mol. The molecule has 1 aromatic heterocycles. The van der Waals surface area contributed by atoms with Gasteiger partial charge in [-0.15, -0.1) is 11.6 Å². The van der Waals surface area contributed by atoms with Crippen molar-refractivity contribution in [2.45, 2.75) is 19.1 Å².